The van der Waals surface area contributed by atoms with E-state index in [9.17, 15) is 19.3 Å². The van der Waals surface area contributed by atoms with Crippen LogP contribution in [-0.2, 0) is 13.2 Å². The number of urea groups is 1. The Morgan fingerprint density at radius 3 is 1.45 bits per heavy atom. The Kier molecular flexibility index (Phi) is 14.1. The van der Waals surface area contributed by atoms with Crippen molar-refractivity contribution in [2.45, 2.75) is 13.2 Å². The van der Waals surface area contributed by atoms with Gasteiger partial charge in [-0.1, -0.05) is 66.7 Å². The number of nitrogens with zero attached hydrogens (tertiary/aromatic N) is 5. The first-order valence-electron chi connectivity index (χ1n) is 23.0. The fourth-order valence-electron chi connectivity index (χ4n) is 7.58. The van der Waals surface area contributed by atoms with Gasteiger partial charge in [0.2, 0.25) is 11.8 Å². The smallest absolute Gasteiger partial charge is 0.323 e. The minimum absolute atomic E-state index is 0.00434. The van der Waals surface area contributed by atoms with Crippen molar-refractivity contribution in [3.63, 3.8) is 0 Å². The van der Waals surface area contributed by atoms with E-state index < -0.39 is 16.8 Å². The second kappa shape index (κ2) is 22.1. The lowest BCUT2D eigenvalue weighted by Gasteiger charge is -2.09. The molecule has 4 N–H and O–H groups in total. The Balaban J connectivity index is 0.000000173. The number of fused-ring (bicyclic) bond motifs is 2. The van der Waals surface area contributed by atoms with Gasteiger partial charge >= 0.3 is 6.03 Å². The number of carbonyl (C=O) groups excluding carboxylic acids is 1. The Labute approximate surface area is 421 Å². The number of nitro benzene ring substituents is 1. The van der Waals surface area contributed by atoms with Gasteiger partial charge in [0.1, 0.15) is 66.0 Å². The topological polar surface area (TPSA) is 204 Å². The van der Waals surface area contributed by atoms with Crippen molar-refractivity contribution in [1.82, 2.24) is 29.9 Å². The Morgan fingerprint density at radius 1 is 0.514 bits per heavy atom. The second-order valence-electron chi connectivity index (χ2n) is 16.4. The number of non-ortho nitro benzene ring substituents is 1. The quantitative estimate of drug-likeness (QED) is 0.0562. The summed E-state index contributed by atoms with van der Waals surface area (Å²) >= 11 is 0. The molecule has 74 heavy (non-hydrogen) atoms. The lowest BCUT2D eigenvalue weighted by Crippen LogP contribution is -2.19. The number of H-pyrrole nitrogens is 2. The van der Waals surface area contributed by atoms with E-state index in [4.69, 9.17) is 18.9 Å². The first-order chi connectivity index (χ1) is 36.2. The van der Waals surface area contributed by atoms with E-state index in [2.05, 4.69) is 40.5 Å². The highest BCUT2D eigenvalue weighted by atomic mass is 19.1. The summed E-state index contributed by atoms with van der Waals surface area (Å²) in [5.41, 5.74) is 8.02. The number of halogens is 1. The Bertz CT molecular complexity index is 3670. The minimum Gasteiger partial charge on any atom is -0.489 e. The first-order valence-corrected chi connectivity index (χ1v) is 23.0. The van der Waals surface area contributed by atoms with Crippen LogP contribution in [0.1, 0.15) is 11.1 Å². The largest absolute Gasteiger partial charge is 0.489 e. The highest BCUT2D eigenvalue weighted by Crippen LogP contribution is 2.34. The van der Waals surface area contributed by atoms with E-state index in [0.29, 0.717) is 64.5 Å². The van der Waals surface area contributed by atoms with Crippen molar-refractivity contribution in [2.75, 3.05) is 10.6 Å². The molecule has 0 aliphatic carbocycles. The fourth-order valence-corrected chi connectivity index (χ4v) is 7.58. The zero-order chi connectivity index (χ0) is 50.6. The third-order valence-corrected chi connectivity index (χ3v) is 11.3. The molecule has 0 aliphatic rings. The van der Waals surface area contributed by atoms with Crippen LogP contribution in [0.5, 0.6) is 34.8 Å². The highest BCUT2D eigenvalue weighted by molar-refractivity contribution is 5.99. The standard InChI is InChI=1S/C32H24FN5O3.C25H18N4O4/c33-23-7-4-8-25(17-23)37-32(39)36-24-11-15-27(16-12-24)41-31-28-18-29(38-30(28)34-20-35-31)22-9-13-26(14-10-22)40-19-21-5-2-1-3-6-21;30-29(31)19-8-12-21(13-9-19)33-25-22-14-23(28-24(22)26-16-27-25)18-6-10-20(11-7-18)32-15-17-4-2-1-3-5-17/h1-18,20H,19H2,(H,34,35,38)(H2,36,37,39);1-14,16H,15H2,(H,26,27,28). The SMILES string of the molecule is O=C(Nc1ccc(Oc2ncnc3[nH]c(-c4ccc(OCc5ccccc5)cc4)cc23)cc1)Nc1cccc(F)c1.O=[N+]([O-])c1ccc(Oc2ncnc3[nH]c(-c4ccc(OCc5ccccc5)cc4)cc23)cc1. The van der Waals surface area contributed by atoms with E-state index in [-0.39, 0.29) is 5.69 Å². The predicted molar refractivity (Wildman–Crippen MR) is 279 cm³/mol. The van der Waals surface area contributed by atoms with Crippen molar-refractivity contribution in [3.05, 3.63) is 234 Å². The van der Waals surface area contributed by atoms with Crippen LogP contribution in [0.25, 0.3) is 44.6 Å². The van der Waals surface area contributed by atoms with Crippen LogP contribution in [0, 0.1) is 15.9 Å². The molecule has 0 saturated carbocycles. The molecule has 11 aromatic rings. The monoisotopic (exact) mass is 983 g/mol. The molecule has 0 unspecified atom stereocenters. The number of ether oxygens (including phenoxy) is 4. The molecule has 0 aliphatic heterocycles. The number of rotatable bonds is 15. The van der Waals surface area contributed by atoms with Gasteiger partial charge in [0.15, 0.2) is 0 Å². The van der Waals surface area contributed by atoms with Crippen LogP contribution in [0.4, 0.5) is 26.2 Å². The van der Waals surface area contributed by atoms with Crippen LogP contribution < -0.4 is 29.6 Å². The number of carbonyl (C=O) groups is 1. The summed E-state index contributed by atoms with van der Waals surface area (Å²) in [7, 11) is 0. The van der Waals surface area contributed by atoms with Gasteiger partial charge in [0.05, 0.1) is 15.7 Å². The van der Waals surface area contributed by atoms with E-state index in [1.165, 1.54) is 55.1 Å². The summed E-state index contributed by atoms with van der Waals surface area (Å²) in [6.45, 7) is 1.01. The minimum atomic E-state index is -0.489. The van der Waals surface area contributed by atoms with Crippen molar-refractivity contribution in [1.29, 1.82) is 0 Å². The predicted octanol–water partition coefficient (Wildman–Crippen LogP) is 13.7. The number of nitro groups is 1. The highest BCUT2D eigenvalue weighted by Gasteiger charge is 2.15. The molecule has 16 nitrogen and oxygen atoms in total. The van der Waals surface area contributed by atoms with Crippen molar-refractivity contribution < 1.29 is 33.1 Å². The molecule has 0 spiro atoms. The van der Waals surface area contributed by atoms with E-state index >= 15 is 0 Å². The molecule has 4 aromatic heterocycles. The number of hydrogen-bond donors (Lipinski definition) is 4. The van der Waals surface area contributed by atoms with E-state index in [1.54, 1.807) is 30.3 Å². The number of benzene rings is 7. The molecule has 4 heterocycles. The Morgan fingerprint density at radius 2 is 0.973 bits per heavy atom. The van der Waals surface area contributed by atoms with Crippen molar-refractivity contribution >= 4 is 45.2 Å². The maximum absolute atomic E-state index is 13.3. The number of hydrogen-bond acceptors (Lipinski definition) is 11. The summed E-state index contributed by atoms with van der Waals surface area (Å²) in [5, 5.41) is 17.6. The molecular formula is C57H42FN9O7. The maximum atomic E-state index is 13.3. The van der Waals surface area contributed by atoms with E-state index in [0.717, 1.165) is 50.5 Å². The molecule has 7 aromatic carbocycles. The maximum Gasteiger partial charge on any atom is 0.323 e. The number of anilines is 2. The average Bonchev–Trinajstić information content (AvgIpc) is 4.09. The number of aromatic nitrogens is 6. The van der Waals surface area contributed by atoms with Crippen LogP contribution in [0.3, 0.4) is 0 Å². The van der Waals surface area contributed by atoms with Crippen molar-refractivity contribution in [3.8, 4) is 57.3 Å². The second-order valence-corrected chi connectivity index (χ2v) is 16.4. The van der Waals surface area contributed by atoms with Gasteiger partial charge in [0, 0.05) is 34.9 Å². The number of amides is 2. The molecular weight excluding hydrogens is 942 g/mol. The molecule has 0 bridgehead atoms. The van der Waals surface area contributed by atoms with Crippen LogP contribution in [0.15, 0.2) is 207 Å². The molecule has 11 rings (SSSR count). The van der Waals surface area contributed by atoms with Gasteiger partial charge < -0.3 is 39.5 Å². The molecule has 364 valence electrons. The molecule has 0 fully saturated rings. The Hall–Kier alpha value is -10.4. The molecule has 0 radical (unpaired) electrons. The van der Waals surface area contributed by atoms with E-state index in [1.807, 2.05) is 121 Å². The average molecular weight is 984 g/mol. The first kappa shape index (κ1) is 47.3. The fraction of sp³-hybridized carbons (Fsp3) is 0.0351. The molecule has 0 saturated heterocycles. The van der Waals surface area contributed by atoms with Gasteiger partial charge in [-0.2, -0.15) is 0 Å². The summed E-state index contributed by atoms with van der Waals surface area (Å²) in [6.07, 6.45) is 2.84. The lowest BCUT2D eigenvalue weighted by atomic mass is 10.1. The van der Waals surface area contributed by atoms with Gasteiger partial charge in [0.25, 0.3) is 5.69 Å². The zero-order valence-electron chi connectivity index (χ0n) is 39.0. The molecule has 17 heteroatoms. The van der Waals surface area contributed by atoms with Crippen LogP contribution in [-0.4, -0.2) is 40.9 Å². The van der Waals surface area contributed by atoms with Gasteiger partial charge in [-0.15, -0.1) is 0 Å². The molecule has 0 atom stereocenters. The third-order valence-electron chi connectivity index (χ3n) is 11.3. The van der Waals surface area contributed by atoms with Gasteiger partial charge in [-0.25, -0.2) is 29.1 Å². The summed E-state index contributed by atoms with van der Waals surface area (Å²) < 4.78 is 37.0. The number of aromatic amines is 2. The lowest BCUT2D eigenvalue weighted by molar-refractivity contribution is -0.384. The summed E-state index contributed by atoms with van der Waals surface area (Å²) in [6, 6.07) is 57.3. The summed E-state index contributed by atoms with van der Waals surface area (Å²) in [4.78, 5) is 46.4. The number of nitrogens with one attached hydrogen (secondary N) is 4. The molecule has 2 amide bonds. The van der Waals surface area contributed by atoms with Gasteiger partial charge in [-0.3, -0.25) is 10.1 Å². The van der Waals surface area contributed by atoms with Crippen LogP contribution >= 0.6 is 0 Å². The van der Waals surface area contributed by atoms with Crippen LogP contribution in [0.2, 0.25) is 0 Å². The third kappa shape index (κ3) is 11.9. The summed E-state index contributed by atoms with van der Waals surface area (Å²) in [5.74, 6) is 2.86. The van der Waals surface area contributed by atoms with Crippen molar-refractivity contribution in [2.24, 2.45) is 0 Å². The zero-order valence-corrected chi connectivity index (χ0v) is 39.0. The van der Waals surface area contributed by atoms with Gasteiger partial charge in [-0.05, 0) is 138 Å². The normalized spacial score (nSPS) is 10.8.